The molecule has 4 aliphatic carbocycles. The molecule has 4 bridgehead atoms. The Labute approximate surface area is 170 Å². The molecule has 2 atom stereocenters. The van der Waals surface area contributed by atoms with E-state index in [2.05, 4.69) is 12.2 Å². The molecule has 3 N–H and O–H groups in total. The van der Waals surface area contributed by atoms with Crippen LogP contribution < -0.4 is 11.1 Å². The van der Waals surface area contributed by atoms with E-state index in [1.165, 1.54) is 19.3 Å². The van der Waals surface area contributed by atoms with E-state index in [1.54, 1.807) is 0 Å². The fourth-order valence-corrected chi connectivity index (χ4v) is 6.36. The molecule has 0 heterocycles. The minimum Gasteiger partial charge on any atom is -0.461 e. The van der Waals surface area contributed by atoms with Crippen LogP contribution in [0.5, 0.6) is 0 Å². The predicted molar refractivity (Wildman–Crippen MR) is 111 cm³/mol. The predicted octanol–water partition coefficient (Wildman–Crippen LogP) is 3.94. The van der Waals surface area contributed by atoms with Crippen LogP contribution >= 0.6 is 0 Å². The highest BCUT2D eigenvalue weighted by atomic mass is 16.5. The van der Waals surface area contributed by atoms with Crippen LogP contribution in [-0.4, -0.2) is 30.6 Å². The van der Waals surface area contributed by atoms with Crippen molar-refractivity contribution in [3.05, 3.63) is 0 Å². The maximum atomic E-state index is 13.4. The SMILES string of the molecule is CCCC(CC)OC(=O)[C@H](CCCCN)NC(=O)C12CC3CC(CC(C3)C1)C2. The van der Waals surface area contributed by atoms with Gasteiger partial charge in [0.25, 0.3) is 0 Å². The smallest absolute Gasteiger partial charge is 0.328 e. The normalized spacial score (nSPS) is 32.8. The molecule has 4 aliphatic rings. The Balaban J connectivity index is 1.64. The Kier molecular flexibility index (Phi) is 7.41. The number of unbranched alkanes of at least 4 members (excludes halogenated alkanes) is 1. The summed E-state index contributed by atoms with van der Waals surface area (Å²) in [6.07, 6.45) is 11.9. The second-order valence-electron chi connectivity index (χ2n) is 9.76. The summed E-state index contributed by atoms with van der Waals surface area (Å²) in [4.78, 5) is 26.3. The van der Waals surface area contributed by atoms with Gasteiger partial charge in [-0.3, -0.25) is 4.79 Å². The number of nitrogens with one attached hydrogen (secondary N) is 1. The van der Waals surface area contributed by atoms with Crippen LogP contribution in [0.2, 0.25) is 0 Å². The van der Waals surface area contributed by atoms with Gasteiger partial charge in [-0.15, -0.1) is 0 Å². The van der Waals surface area contributed by atoms with Gasteiger partial charge >= 0.3 is 5.97 Å². The first-order chi connectivity index (χ1) is 13.5. The van der Waals surface area contributed by atoms with Crippen molar-refractivity contribution in [3.63, 3.8) is 0 Å². The lowest BCUT2D eigenvalue weighted by Gasteiger charge is -2.55. The summed E-state index contributed by atoms with van der Waals surface area (Å²) in [7, 11) is 0. The van der Waals surface area contributed by atoms with E-state index in [-0.39, 0.29) is 23.4 Å². The third kappa shape index (κ3) is 4.90. The summed E-state index contributed by atoms with van der Waals surface area (Å²) < 4.78 is 5.77. The monoisotopic (exact) mass is 392 g/mol. The summed E-state index contributed by atoms with van der Waals surface area (Å²) >= 11 is 0. The van der Waals surface area contributed by atoms with Gasteiger partial charge in [0.2, 0.25) is 5.91 Å². The molecule has 1 unspecified atom stereocenters. The molecule has 1 amide bonds. The van der Waals surface area contributed by atoms with E-state index in [0.29, 0.717) is 30.7 Å². The molecule has 4 fully saturated rings. The van der Waals surface area contributed by atoms with E-state index in [1.807, 2.05) is 6.92 Å². The fraction of sp³-hybridized carbons (Fsp3) is 0.913. The minimum atomic E-state index is -0.530. The van der Waals surface area contributed by atoms with Crippen molar-refractivity contribution in [1.29, 1.82) is 0 Å². The van der Waals surface area contributed by atoms with Gasteiger partial charge < -0.3 is 15.8 Å². The molecule has 4 saturated carbocycles. The third-order valence-electron chi connectivity index (χ3n) is 7.41. The number of nitrogens with two attached hydrogens (primary N) is 1. The summed E-state index contributed by atoms with van der Waals surface area (Å²) in [5.41, 5.74) is 5.41. The topological polar surface area (TPSA) is 81.4 Å². The van der Waals surface area contributed by atoms with Gasteiger partial charge in [-0.25, -0.2) is 4.79 Å². The summed E-state index contributed by atoms with van der Waals surface area (Å²) in [5, 5.41) is 3.15. The molecule has 160 valence electrons. The number of rotatable bonds is 11. The van der Waals surface area contributed by atoms with E-state index < -0.39 is 6.04 Å². The van der Waals surface area contributed by atoms with Crippen molar-refractivity contribution >= 4 is 11.9 Å². The van der Waals surface area contributed by atoms with E-state index in [4.69, 9.17) is 10.5 Å². The lowest BCUT2D eigenvalue weighted by molar-refractivity contribution is -0.158. The van der Waals surface area contributed by atoms with Gasteiger partial charge in [0.15, 0.2) is 0 Å². The lowest BCUT2D eigenvalue weighted by Crippen LogP contribution is -2.56. The van der Waals surface area contributed by atoms with E-state index in [9.17, 15) is 9.59 Å². The Morgan fingerprint density at radius 1 is 1.04 bits per heavy atom. The summed E-state index contributed by atoms with van der Waals surface area (Å²) in [6, 6.07) is -0.530. The van der Waals surface area contributed by atoms with Gasteiger partial charge in [0.1, 0.15) is 12.1 Å². The number of carbonyl (C=O) groups excluding carboxylic acids is 2. The standard InChI is InChI=1S/C23H40N2O3/c1-3-7-19(4-2)28-21(26)20(8-5-6-9-24)25-22(27)23-13-16-10-17(14-23)12-18(11-16)15-23/h16-20H,3-15,24H2,1-2H3,(H,25,27)/t16?,17?,18?,19?,20-,23?/m0/s1. The molecule has 0 aliphatic heterocycles. The molecule has 0 aromatic carbocycles. The first kappa shape index (κ1) is 21.6. The zero-order valence-corrected chi connectivity index (χ0v) is 17.9. The Hall–Kier alpha value is -1.10. The van der Waals surface area contributed by atoms with Crippen molar-refractivity contribution in [1.82, 2.24) is 5.32 Å². The molecule has 5 heteroatoms. The molecule has 0 aromatic rings. The maximum Gasteiger partial charge on any atom is 0.328 e. The van der Waals surface area contributed by atoms with Crippen LogP contribution in [0, 0.1) is 23.2 Å². The lowest BCUT2D eigenvalue weighted by atomic mass is 9.49. The van der Waals surface area contributed by atoms with Crippen LogP contribution in [-0.2, 0) is 14.3 Å². The van der Waals surface area contributed by atoms with Crippen LogP contribution in [0.4, 0.5) is 0 Å². The Bertz CT molecular complexity index is 513. The van der Waals surface area contributed by atoms with Crippen molar-refractivity contribution in [3.8, 4) is 0 Å². The second-order valence-corrected chi connectivity index (χ2v) is 9.76. The molecule has 0 radical (unpaired) electrons. The minimum absolute atomic E-state index is 0.0500. The molecular formula is C23H40N2O3. The average Bonchev–Trinajstić information content (AvgIpc) is 2.65. The molecule has 0 saturated heterocycles. The van der Waals surface area contributed by atoms with Crippen LogP contribution in [0.1, 0.15) is 90.9 Å². The second kappa shape index (κ2) is 9.60. The summed E-state index contributed by atoms with van der Waals surface area (Å²) in [6.45, 7) is 4.76. The summed E-state index contributed by atoms with van der Waals surface area (Å²) in [5.74, 6) is 2.01. The Morgan fingerprint density at radius 3 is 2.14 bits per heavy atom. The van der Waals surface area contributed by atoms with E-state index >= 15 is 0 Å². The number of esters is 1. The average molecular weight is 393 g/mol. The van der Waals surface area contributed by atoms with Gasteiger partial charge in [-0.1, -0.05) is 20.3 Å². The quantitative estimate of drug-likeness (QED) is 0.412. The fourth-order valence-electron chi connectivity index (χ4n) is 6.36. The number of ether oxygens (including phenoxy) is 1. The number of carbonyl (C=O) groups is 2. The van der Waals surface area contributed by atoms with Crippen molar-refractivity contribution in [2.75, 3.05) is 6.54 Å². The van der Waals surface area contributed by atoms with Crippen molar-refractivity contribution < 1.29 is 14.3 Å². The van der Waals surface area contributed by atoms with Gasteiger partial charge in [-0.05, 0) is 94.9 Å². The van der Waals surface area contributed by atoms with Crippen LogP contribution in [0.25, 0.3) is 0 Å². The van der Waals surface area contributed by atoms with E-state index in [0.717, 1.165) is 51.4 Å². The largest absolute Gasteiger partial charge is 0.461 e. The number of hydrogen-bond donors (Lipinski definition) is 2. The number of amides is 1. The van der Waals surface area contributed by atoms with Crippen molar-refractivity contribution in [2.24, 2.45) is 28.9 Å². The van der Waals surface area contributed by atoms with Gasteiger partial charge in [-0.2, -0.15) is 0 Å². The van der Waals surface area contributed by atoms with Crippen molar-refractivity contribution in [2.45, 2.75) is 103 Å². The molecular weight excluding hydrogens is 352 g/mol. The highest BCUT2D eigenvalue weighted by Gasteiger charge is 2.55. The molecule has 28 heavy (non-hydrogen) atoms. The number of hydrogen-bond acceptors (Lipinski definition) is 4. The van der Waals surface area contributed by atoms with Crippen LogP contribution in [0.3, 0.4) is 0 Å². The maximum absolute atomic E-state index is 13.4. The molecule has 0 aromatic heterocycles. The zero-order valence-electron chi connectivity index (χ0n) is 17.9. The highest BCUT2D eigenvalue weighted by Crippen LogP contribution is 2.60. The van der Waals surface area contributed by atoms with Crippen LogP contribution in [0.15, 0.2) is 0 Å². The van der Waals surface area contributed by atoms with Gasteiger partial charge in [0, 0.05) is 5.41 Å². The molecule has 5 nitrogen and oxygen atoms in total. The first-order valence-corrected chi connectivity index (χ1v) is 11.7. The Morgan fingerprint density at radius 2 is 1.64 bits per heavy atom. The zero-order chi connectivity index (χ0) is 20.1. The highest BCUT2D eigenvalue weighted by molar-refractivity contribution is 5.88. The molecule has 4 rings (SSSR count). The first-order valence-electron chi connectivity index (χ1n) is 11.7. The van der Waals surface area contributed by atoms with Gasteiger partial charge in [0.05, 0.1) is 0 Å². The third-order valence-corrected chi connectivity index (χ3v) is 7.41. The molecule has 0 spiro atoms.